The average molecular weight is 229 g/mol. The van der Waals surface area contributed by atoms with Gasteiger partial charge in [0.15, 0.2) is 0 Å². The van der Waals surface area contributed by atoms with Gasteiger partial charge in [-0.2, -0.15) is 0 Å². The van der Waals surface area contributed by atoms with E-state index in [9.17, 15) is 9.59 Å². The van der Waals surface area contributed by atoms with Crippen molar-refractivity contribution in [2.75, 3.05) is 0 Å². The molecule has 0 saturated carbocycles. The molecule has 0 saturated heterocycles. The standard InChI is InChI=1S/C10H6Cl2O2/c11-8(13)10(9(12)14)5-6-3-1-2-4-7(6)10/h1-4H,5H2. The van der Waals surface area contributed by atoms with Crippen LogP contribution < -0.4 is 0 Å². The van der Waals surface area contributed by atoms with Gasteiger partial charge in [-0.15, -0.1) is 0 Å². The SMILES string of the molecule is O=C(Cl)C1(C(=O)Cl)Cc2ccccc21. The molecule has 0 aromatic heterocycles. The molecule has 0 atom stereocenters. The van der Waals surface area contributed by atoms with E-state index in [-0.39, 0.29) is 0 Å². The molecule has 0 fully saturated rings. The van der Waals surface area contributed by atoms with Gasteiger partial charge >= 0.3 is 0 Å². The first-order valence-corrected chi connectivity index (χ1v) is 4.83. The van der Waals surface area contributed by atoms with Crippen LogP contribution in [0, 0.1) is 0 Å². The predicted molar refractivity (Wildman–Crippen MR) is 53.5 cm³/mol. The Morgan fingerprint density at radius 1 is 1.14 bits per heavy atom. The van der Waals surface area contributed by atoms with Crippen LogP contribution in [0.4, 0.5) is 0 Å². The lowest BCUT2D eigenvalue weighted by atomic mass is 9.65. The molecule has 0 heterocycles. The van der Waals surface area contributed by atoms with Crippen molar-refractivity contribution in [3.63, 3.8) is 0 Å². The Kier molecular flexibility index (Phi) is 2.13. The van der Waals surface area contributed by atoms with Crippen molar-refractivity contribution in [2.45, 2.75) is 11.8 Å². The lowest BCUT2D eigenvalue weighted by molar-refractivity contribution is -0.127. The summed E-state index contributed by atoms with van der Waals surface area (Å²) >= 11 is 10.8. The van der Waals surface area contributed by atoms with Crippen LogP contribution in [0.15, 0.2) is 24.3 Å². The van der Waals surface area contributed by atoms with Crippen LogP contribution in [0.5, 0.6) is 0 Å². The topological polar surface area (TPSA) is 34.1 Å². The molecule has 72 valence electrons. The van der Waals surface area contributed by atoms with Gasteiger partial charge in [0.2, 0.25) is 10.5 Å². The predicted octanol–water partition coefficient (Wildman–Crippen LogP) is 2.01. The van der Waals surface area contributed by atoms with E-state index in [0.29, 0.717) is 12.0 Å². The maximum Gasteiger partial charge on any atom is 0.241 e. The van der Waals surface area contributed by atoms with Gasteiger partial charge in [-0.3, -0.25) is 9.59 Å². The summed E-state index contributed by atoms with van der Waals surface area (Å²) in [5.74, 6) is 0. The zero-order chi connectivity index (χ0) is 10.3. The smallest absolute Gasteiger partial charge is 0.241 e. The number of carbonyl (C=O) groups excluding carboxylic acids is 2. The highest BCUT2D eigenvalue weighted by Gasteiger charge is 2.53. The van der Waals surface area contributed by atoms with E-state index in [1.807, 2.05) is 12.1 Å². The molecule has 1 aliphatic rings. The number of fused-ring (bicyclic) bond motifs is 1. The number of halogens is 2. The van der Waals surface area contributed by atoms with E-state index in [4.69, 9.17) is 23.2 Å². The second kappa shape index (κ2) is 3.07. The lowest BCUT2D eigenvalue weighted by Crippen LogP contribution is -2.48. The van der Waals surface area contributed by atoms with Gasteiger partial charge in [-0.25, -0.2) is 0 Å². The maximum atomic E-state index is 11.2. The summed E-state index contributed by atoms with van der Waals surface area (Å²) in [6, 6.07) is 7.17. The molecule has 1 aromatic carbocycles. The number of benzene rings is 1. The van der Waals surface area contributed by atoms with Gasteiger partial charge in [-0.1, -0.05) is 24.3 Å². The molecule has 4 heteroatoms. The van der Waals surface area contributed by atoms with Gasteiger partial charge in [-0.05, 0) is 40.7 Å². The summed E-state index contributed by atoms with van der Waals surface area (Å²) in [6.07, 6.45) is 0.313. The number of hydrogen-bond donors (Lipinski definition) is 0. The normalized spacial score (nSPS) is 16.7. The van der Waals surface area contributed by atoms with Crippen molar-refractivity contribution in [3.8, 4) is 0 Å². The minimum absolute atomic E-state index is 0.313. The highest BCUT2D eigenvalue weighted by molar-refractivity contribution is 6.76. The summed E-state index contributed by atoms with van der Waals surface area (Å²) in [5.41, 5.74) is 0.301. The Hall–Kier alpha value is -0.860. The molecule has 0 N–H and O–H groups in total. The Balaban J connectivity index is 2.56. The van der Waals surface area contributed by atoms with Crippen molar-refractivity contribution in [1.82, 2.24) is 0 Å². The van der Waals surface area contributed by atoms with Crippen LogP contribution in [0.25, 0.3) is 0 Å². The van der Waals surface area contributed by atoms with Gasteiger partial charge in [0, 0.05) is 0 Å². The summed E-state index contributed by atoms with van der Waals surface area (Å²) in [7, 11) is 0. The second-order valence-corrected chi connectivity index (χ2v) is 3.97. The van der Waals surface area contributed by atoms with Gasteiger partial charge in [0.25, 0.3) is 0 Å². The van der Waals surface area contributed by atoms with Crippen LogP contribution in [0.3, 0.4) is 0 Å². The third-order valence-corrected chi connectivity index (χ3v) is 3.25. The molecular formula is C10H6Cl2O2. The van der Waals surface area contributed by atoms with Crippen molar-refractivity contribution < 1.29 is 9.59 Å². The van der Waals surface area contributed by atoms with Crippen molar-refractivity contribution >= 4 is 33.7 Å². The molecular weight excluding hydrogens is 223 g/mol. The fourth-order valence-corrected chi connectivity index (χ4v) is 2.35. The van der Waals surface area contributed by atoms with Gasteiger partial charge < -0.3 is 0 Å². The van der Waals surface area contributed by atoms with Crippen molar-refractivity contribution in [1.29, 1.82) is 0 Å². The van der Waals surface area contributed by atoms with Gasteiger partial charge in [0.05, 0.1) is 0 Å². The Bertz CT molecular complexity index is 412. The van der Waals surface area contributed by atoms with E-state index < -0.39 is 15.9 Å². The fourth-order valence-electron chi connectivity index (χ4n) is 1.79. The number of carbonyl (C=O) groups is 2. The Morgan fingerprint density at radius 2 is 1.71 bits per heavy atom. The molecule has 0 radical (unpaired) electrons. The molecule has 0 amide bonds. The van der Waals surface area contributed by atoms with Gasteiger partial charge in [0.1, 0.15) is 5.41 Å². The first-order valence-electron chi connectivity index (χ1n) is 4.07. The molecule has 1 aliphatic carbocycles. The monoisotopic (exact) mass is 228 g/mol. The highest BCUT2D eigenvalue weighted by Crippen LogP contribution is 2.44. The summed E-state index contributed by atoms with van der Waals surface area (Å²) in [6.45, 7) is 0. The minimum atomic E-state index is -1.29. The zero-order valence-electron chi connectivity index (χ0n) is 7.09. The third-order valence-electron chi connectivity index (χ3n) is 2.60. The molecule has 0 spiro atoms. The third kappa shape index (κ3) is 1.04. The summed E-state index contributed by atoms with van der Waals surface area (Å²) < 4.78 is 0. The van der Waals surface area contributed by atoms with Crippen LogP contribution >= 0.6 is 23.2 Å². The summed E-state index contributed by atoms with van der Waals surface area (Å²) in [5, 5.41) is -1.40. The summed E-state index contributed by atoms with van der Waals surface area (Å²) in [4.78, 5) is 22.4. The molecule has 0 unspecified atom stereocenters. The average Bonchev–Trinajstić information content (AvgIpc) is 2.06. The molecule has 2 rings (SSSR count). The number of hydrogen-bond acceptors (Lipinski definition) is 2. The van der Waals surface area contributed by atoms with Crippen LogP contribution in [-0.4, -0.2) is 10.5 Å². The van der Waals surface area contributed by atoms with E-state index in [0.717, 1.165) is 5.56 Å². The molecule has 14 heavy (non-hydrogen) atoms. The highest BCUT2D eigenvalue weighted by atomic mass is 35.5. The van der Waals surface area contributed by atoms with E-state index in [1.54, 1.807) is 12.1 Å². The lowest BCUT2D eigenvalue weighted by Gasteiger charge is -2.37. The maximum absolute atomic E-state index is 11.2. The van der Waals surface area contributed by atoms with Crippen LogP contribution in [-0.2, 0) is 21.4 Å². The second-order valence-electron chi connectivity index (χ2n) is 3.29. The zero-order valence-corrected chi connectivity index (χ0v) is 8.60. The number of rotatable bonds is 2. The van der Waals surface area contributed by atoms with Crippen molar-refractivity contribution in [3.05, 3.63) is 35.4 Å². The van der Waals surface area contributed by atoms with Crippen LogP contribution in [0.2, 0.25) is 0 Å². The largest absolute Gasteiger partial charge is 0.280 e. The Morgan fingerprint density at radius 3 is 2.21 bits per heavy atom. The fraction of sp³-hybridized carbons (Fsp3) is 0.200. The Labute approximate surface area is 90.8 Å². The molecule has 0 bridgehead atoms. The molecule has 0 aliphatic heterocycles. The van der Waals surface area contributed by atoms with Crippen LogP contribution in [0.1, 0.15) is 11.1 Å². The van der Waals surface area contributed by atoms with E-state index in [1.165, 1.54) is 0 Å². The quantitative estimate of drug-likeness (QED) is 0.574. The first-order chi connectivity index (χ1) is 6.59. The van der Waals surface area contributed by atoms with Crippen molar-refractivity contribution in [2.24, 2.45) is 0 Å². The first kappa shape index (κ1) is 9.69. The van der Waals surface area contributed by atoms with E-state index >= 15 is 0 Å². The van der Waals surface area contributed by atoms with E-state index in [2.05, 4.69) is 0 Å². The molecule has 1 aromatic rings. The molecule has 2 nitrogen and oxygen atoms in total. The minimum Gasteiger partial charge on any atom is -0.280 e.